The van der Waals surface area contributed by atoms with Crippen molar-refractivity contribution >= 4 is 23.6 Å². The van der Waals surface area contributed by atoms with Crippen LogP contribution in [0.25, 0.3) is 5.70 Å². The number of nitrogens with one attached hydrogen (secondary N) is 3. The van der Waals surface area contributed by atoms with E-state index in [0.717, 1.165) is 11.3 Å². The first kappa shape index (κ1) is 22.4. The van der Waals surface area contributed by atoms with Gasteiger partial charge in [-0.05, 0) is 49.7 Å². The van der Waals surface area contributed by atoms with E-state index in [1.165, 1.54) is 0 Å². The number of rotatable bonds is 10. The fourth-order valence-corrected chi connectivity index (χ4v) is 3.22. The van der Waals surface area contributed by atoms with Crippen LogP contribution in [0.2, 0.25) is 0 Å². The van der Waals surface area contributed by atoms with Gasteiger partial charge in [-0.2, -0.15) is 0 Å². The molecule has 1 aliphatic heterocycles. The lowest BCUT2D eigenvalue weighted by molar-refractivity contribution is 0.151. The zero-order chi connectivity index (χ0) is 21.9. The number of aromatic nitrogens is 1. The molecule has 0 fully saturated rings. The van der Waals surface area contributed by atoms with Crippen molar-refractivity contribution in [3.63, 3.8) is 0 Å². The van der Waals surface area contributed by atoms with Crippen molar-refractivity contribution in [1.29, 1.82) is 0 Å². The fraction of sp³-hybridized carbons (Fsp3) is 0.318. The van der Waals surface area contributed by atoms with Gasteiger partial charge in [0, 0.05) is 49.6 Å². The van der Waals surface area contributed by atoms with Crippen LogP contribution in [0.4, 0.5) is 10.5 Å². The SMILES string of the molecule is NCCCNC(=O)N1C(c2ccncc2)=CC=NC1(NCCCO)Nc1ccccc1. The van der Waals surface area contributed by atoms with Gasteiger partial charge in [-0.25, -0.2) is 14.7 Å². The van der Waals surface area contributed by atoms with Gasteiger partial charge in [-0.1, -0.05) is 18.2 Å². The van der Waals surface area contributed by atoms with Crippen LogP contribution < -0.4 is 21.7 Å². The molecule has 1 aliphatic rings. The van der Waals surface area contributed by atoms with E-state index in [1.807, 2.05) is 42.5 Å². The molecule has 1 aromatic carbocycles. The summed E-state index contributed by atoms with van der Waals surface area (Å²) in [7, 11) is 0. The second-order valence-electron chi connectivity index (χ2n) is 6.94. The number of nitrogens with zero attached hydrogens (tertiary/aromatic N) is 3. The number of aliphatic hydroxyl groups is 1. The van der Waals surface area contributed by atoms with Gasteiger partial charge in [0.15, 0.2) is 0 Å². The van der Waals surface area contributed by atoms with Crippen molar-refractivity contribution in [2.24, 2.45) is 10.7 Å². The molecular weight excluding hydrogens is 394 g/mol. The number of urea groups is 1. The Morgan fingerprint density at radius 1 is 1.10 bits per heavy atom. The minimum Gasteiger partial charge on any atom is -0.396 e. The molecule has 0 radical (unpaired) electrons. The summed E-state index contributed by atoms with van der Waals surface area (Å²) < 4.78 is 0. The monoisotopic (exact) mass is 423 g/mol. The maximum absolute atomic E-state index is 13.4. The Labute approximate surface area is 182 Å². The third-order valence-electron chi connectivity index (χ3n) is 4.69. The minimum absolute atomic E-state index is 0.0217. The van der Waals surface area contributed by atoms with Crippen LogP contribution in [-0.2, 0) is 0 Å². The standard InChI is InChI=1S/C22H29N7O2/c23-11-4-12-25-21(31)29-20(18-8-14-24-15-9-18)10-16-27-22(29,26-13-5-17-30)28-19-6-2-1-3-7-19/h1-3,6-10,14-16,26,28,30H,4-5,11-13,17,23H2,(H,25,31). The van der Waals surface area contributed by atoms with E-state index in [1.54, 1.807) is 29.6 Å². The van der Waals surface area contributed by atoms with Crippen molar-refractivity contribution in [1.82, 2.24) is 20.5 Å². The predicted molar refractivity (Wildman–Crippen MR) is 122 cm³/mol. The third-order valence-corrected chi connectivity index (χ3v) is 4.69. The van der Waals surface area contributed by atoms with Crippen molar-refractivity contribution in [3.8, 4) is 0 Å². The molecule has 9 heteroatoms. The minimum atomic E-state index is -1.29. The maximum Gasteiger partial charge on any atom is 0.326 e. The zero-order valence-electron chi connectivity index (χ0n) is 17.4. The summed E-state index contributed by atoms with van der Waals surface area (Å²) >= 11 is 0. The van der Waals surface area contributed by atoms with Crippen LogP contribution >= 0.6 is 0 Å². The molecule has 0 spiro atoms. The molecule has 2 heterocycles. The number of hydrogen-bond acceptors (Lipinski definition) is 7. The second-order valence-corrected chi connectivity index (χ2v) is 6.94. The maximum atomic E-state index is 13.4. The quantitative estimate of drug-likeness (QED) is 0.291. The van der Waals surface area contributed by atoms with Crippen molar-refractivity contribution in [2.45, 2.75) is 18.8 Å². The molecule has 3 rings (SSSR count). The van der Waals surface area contributed by atoms with Crippen molar-refractivity contribution in [2.75, 3.05) is 31.6 Å². The number of anilines is 1. The Morgan fingerprint density at radius 3 is 2.58 bits per heavy atom. The van der Waals surface area contributed by atoms with E-state index < -0.39 is 5.91 Å². The second kappa shape index (κ2) is 11.2. The number of aliphatic hydroxyl groups excluding tert-OH is 1. The molecule has 2 aromatic rings. The molecular formula is C22H29N7O2. The fourth-order valence-electron chi connectivity index (χ4n) is 3.22. The normalized spacial score (nSPS) is 17.9. The number of benzene rings is 1. The summed E-state index contributed by atoms with van der Waals surface area (Å²) in [4.78, 5) is 23.7. The van der Waals surface area contributed by atoms with Crippen molar-refractivity contribution in [3.05, 3.63) is 66.5 Å². The highest BCUT2D eigenvalue weighted by molar-refractivity contribution is 5.95. The molecule has 6 N–H and O–H groups in total. The summed E-state index contributed by atoms with van der Waals surface area (Å²) in [5.41, 5.74) is 7.85. The highest BCUT2D eigenvalue weighted by atomic mass is 16.3. The average Bonchev–Trinajstić information content (AvgIpc) is 2.80. The number of aliphatic imine (C=N–C) groups is 1. The van der Waals surface area contributed by atoms with Crippen LogP contribution in [-0.4, -0.2) is 59.4 Å². The van der Waals surface area contributed by atoms with Gasteiger partial charge in [0.1, 0.15) is 0 Å². The van der Waals surface area contributed by atoms with E-state index in [2.05, 4.69) is 25.9 Å². The largest absolute Gasteiger partial charge is 0.396 e. The third kappa shape index (κ3) is 5.66. The molecule has 0 aliphatic carbocycles. The number of carbonyl (C=O) groups excluding carboxylic acids is 1. The summed E-state index contributed by atoms with van der Waals surface area (Å²) in [5.74, 6) is -1.29. The van der Waals surface area contributed by atoms with Gasteiger partial charge in [0.2, 0.25) is 0 Å². The predicted octanol–water partition coefficient (Wildman–Crippen LogP) is 1.56. The molecule has 2 amide bonds. The van der Waals surface area contributed by atoms with E-state index in [-0.39, 0.29) is 12.6 Å². The summed E-state index contributed by atoms with van der Waals surface area (Å²) in [5, 5.41) is 18.9. The first-order valence-corrected chi connectivity index (χ1v) is 10.3. The molecule has 0 saturated carbocycles. The number of amides is 2. The van der Waals surface area contributed by atoms with Crippen LogP contribution in [0.3, 0.4) is 0 Å². The van der Waals surface area contributed by atoms with Gasteiger partial charge >= 0.3 is 6.03 Å². The molecule has 9 nitrogen and oxygen atoms in total. The molecule has 164 valence electrons. The van der Waals surface area contributed by atoms with Crippen molar-refractivity contribution < 1.29 is 9.90 Å². The lowest BCUT2D eigenvalue weighted by Crippen LogP contribution is -2.66. The molecule has 1 aromatic heterocycles. The number of nitrogens with two attached hydrogens (primary N) is 1. The molecule has 0 saturated heterocycles. The Balaban J connectivity index is 2.02. The van der Waals surface area contributed by atoms with Crippen LogP contribution in [0, 0.1) is 0 Å². The van der Waals surface area contributed by atoms with Crippen LogP contribution in [0.5, 0.6) is 0 Å². The average molecular weight is 424 g/mol. The van der Waals surface area contributed by atoms with Gasteiger partial charge in [-0.3, -0.25) is 10.3 Å². The van der Waals surface area contributed by atoms with Gasteiger partial charge < -0.3 is 21.5 Å². The summed E-state index contributed by atoms with van der Waals surface area (Å²) in [6.07, 6.45) is 7.98. The lowest BCUT2D eigenvalue weighted by Gasteiger charge is -2.44. The van der Waals surface area contributed by atoms with Crippen LogP contribution in [0.1, 0.15) is 18.4 Å². The number of para-hydroxylation sites is 1. The van der Waals surface area contributed by atoms with Crippen LogP contribution in [0.15, 0.2) is 65.9 Å². The Bertz CT molecular complexity index is 889. The zero-order valence-corrected chi connectivity index (χ0v) is 17.4. The molecule has 31 heavy (non-hydrogen) atoms. The summed E-state index contributed by atoms with van der Waals surface area (Å²) in [6.45, 7) is 1.38. The van der Waals surface area contributed by atoms with E-state index >= 15 is 0 Å². The molecule has 1 unspecified atom stereocenters. The van der Waals surface area contributed by atoms with Gasteiger partial charge in [0.25, 0.3) is 5.91 Å². The number of carbonyl (C=O) groups is 1. The van der Waals surface area contributed by atoms with Gasteiger partial charge in [0.05, 0.1) is 5.70 Å². The first-order valence-electron chi connectivity index (χ1n) is 10.3. The number of hydrogen-bond donors (Lipinski definition) is 5. The molecule has 0 bridgehead atoms. The Kier molecular flexibility index (Phi) is 8.11. The van der Waals surface area contributed by atoms with Gasteiger partial charge in [-0.15, -0.1) is 0 Å². The molecule has 1 atom stereocenters. The lowest BCUT2D eigenvalue weighted by atomic mass is 10.1. The highest BCUT2D eigenvalue weighted by Crippen LogP contribution is 2.31. The topological polar surface area (TPSA) is 128 Å². The summed E-state index contributed by atoms with van der Waals surface area (Å²) in [6, 6.07) is 12.9. The first-order chi connectivity index (χ1) is 15.2. The van der Waals surface area contributed by atoms with E-state index in [0.29, 0.717) is 38.2 Å². The number of pyridine rings is 1. The Morgan fingerprint density at radius 2 is 1.87 bits per heavy atom. The number of allylic oxidation sites excluding steroid dienone is 1. The Hall–Kier alpha value is -3.27. The highest BCUT2D eigenvalue weighted by Gasteiger charge is 2.43. The van der Waals surface area contributed by atoms with E-state index in [4.69, 9.17) is 5.73 Å². The van der Waals surface area contributed by atoms with E-state index in [9.17, 15) is 9.90 Å². The smallest absolute Gasteiger partial charge is 0.326 e.